The first-order valence-electron chi connectivity index (χ1n) is 12.3. The number of aryl methyl sites for hydroxylation is 1. The number of rotatable bonds is 10. The molecule has 2 aromatic heterocycles. The highest BCUT2D eigenvalue weighted by Gasteiger charge is 2.17. The van der Waals surface area contributed by atoms with Gasteiger partial charge < -0.3 is 29.7 Å². The summed E-state index contributed by atoms with van der Waals surface area (Å²) < 4.78 is 7.66. The number of carbonyl (C=O) groups excluding carboxylic acids is 1. The van der Waals surface area contributed by atoms with Gasteiger partial charge in [0, 0.05) is 62.1 Å². The normalized spacial score (nSPS) is 10.8. The molecule has 0 atom stereocenters. The van der Waals surface area contributed by atoms with Crippen LogP contribution in [0.15, 0.2) is 61.4 Å². The number of nitrogens with one attached hydrogen (secondary N) is 2. The lowest BCUT2D eigenvalue weighted by molar-refractivity contribution is -0.111. The number of nitrogens with zero attached hydrogens (tertiary/aromatic N) is 6. The molecule has 2 N–H and O–H groups in total. The van der Waals surface area contributed by atoms with Crippen LogP contribution in [0.4, 0.5) is 23.0 Å². The number of anilines is 4. The lowest BCUT2D eigenvalue weighted by Gasteiger charge is -2.26. The van der Waals surface area contributed by atoms with Gasteiger partial charge >= 0.3 is 0 Å². The first-order chi connectivity index (χ1) is 18.7. The van der Waals surface area contributed by atoms with Crippen LogP contribution in [-0.4, -0.2) is 66.7 Å². The standard InChI is InChI=1S/C29H32N8O2/c1-7-28(38)32-23-16-24(27(39-6)17-26(23)37(5)13-12-35(2)3)34-29-31-10-8-22(33-29)19-14-20(18-30)21-9-11-36(4)25(21)15-19/h7-11,14-17H,1,12-13H2,2-6H3,(H,32,38)(H,31,33,34). The number of hydrogen-bond acceptors (Lipinski definition) is 8. The molecule has 0 radical (unpaired) electrons. The summed E-state index contributed by atoms with van der Waals surface area (Å²) in [5.41, 5.74) is 4.94. The van der Waals surface area contributed by atoms with E-state index in [1.807, 2.05) is 63.2 Å². The predicted molar refractivity (Wildman–Crippen MR) is 156 cm³/mol. The van der Waals surface area contributed by atoms with Crippen molar-refractivity contribution in [1.29, 1.82) is 5.26 Å². The molecule has 10 nitrogen and oxygen atoms in total. The molecule has 39 heavy (non-hydrogen) atoms. The van der Waals surface area contributed by atoms with Crippen molar-refractivity contribution in [2.75, 3.05) is 56.9 Å². The molecule has 0 saturated carbocycles. The zero-order valence-corrected chi connectivity index (χ0v) is 22.8. The average Bonchev–Trinajstić information content (AvgIpc) is 3.31. The van der Waals surface area contributed by atoms with Crippen molar-refractivity contribution in [1.82, 2.24) is 19.4 Å². The number of hydrogen-bond donors (Lipinski definition) is 2. The summed E-state index contributed by atoms with van der Waals surface area (Å²) in [6, 6.07) is 13.5. The topological polar surface area (TPSA) is 111 Å². The Labute approximate surface area is 228 Å². The van der Waals surface area contributed by atoms with Crippen LogP contribution in [0.25, 0.3) is 22.2 Å². The SMILES string of the molecule is C=CC(=O)Nc1cc(Nc2nccc(-c3cc(C#N)c4ccn(C)c4c3)n2)c(OC)cc1N(C)CCN(C)C. The summed E-state index contributed by atoms with van der Waals surface area (Å²) in [5, 5.41) is 16.7. The fraction of sp³-hybridized carbons (Fsp3) is 0.241. The van der Waals surface area contributed by atoms with E-state index in [9.17, 15) is 10.1 Å². The van der Waals surface area contributed by atoms with Crippen LogP contribution in [0.1, 0.15) is 5.56 Å². The number of carbonyl (C=O) groups is 1. The van der Waals surface area contributed by atoms with E-state index in [1.54, 1.807) is 25.4 Å². The Morgan fingerprint density at radius 3 is 2.67 bits per heavy atom. The molecular formula is C29H32N8O2. The van der Waals surface area contributed by atoms with Gasteiger partial charge in [-0.15, -0.1) is 0 Å². The van der Waals surface area contributed by atoms with Crippen molar-refractivity contribution in [3.8, 4) is 23.1 Å². The monoisotopic (exact) mass is 524 g/mol. The van der Waals surface area contributed by atoms with Crippen molar-refractivity contribution < 1.29 is 9.53 Å². The molecule has 4 rings (SSSR count). The molecule has 0 aliphatic rings. The maximum absolute atomic E-state index is 12.2. The summed E-state index contributed by atoms with van der Waals surface area (Å²) in [5.74, 6) is 0.575. The van der Waals surface area contributed by atoms with Crippen LogP contribution < -0.4 is 20.3 Å². The van der Waals surface area contributed by atoms with Gasteiger partial charge in [0.15, 0.2) is 0 Å². The van der Waals surface area contributed by atoms with E-state index in [4.69, 9.17) is 9.72 Å². The third-order valence-corrected chi connectivity index (χ3v) is 6.38. The second-order valence-corrected chi connectivity index (χ2v) is 9.37. The molecule has 0 aliphatic carbocycles. The highest BCUT2D eigenvalue weighted by Crippen LogP contribution is 2.38. The Balaban J connectivity index is 1.72. The first kappa shape index (κ1) is 27.2. The summed E-state index contributed by atoms with van der Waals surface area (Å²) in [6.07, 6.45) is 4.81. The van der Waals surface area contributed by atoms with Crippen LogP contribution in [0.3, 0.4) is 0 Å². The van der Waals surface area contributed by atoms with Crippen LogP contribution >= 0.6 is 0 Å². The highest BCUT2D eigenvalue weighted by atomic mass is 16.5. The van der Waals surface area contributed by atoms with Crippen molar-refractivity contribution in [2.45, 2.75) is 0 Å². The fourth-order valence-corrected chi connectivity index (χ4v) is 4.22. The van der Waals surface area contributed by atoms with E-state index in [0.717, 1.165) is 35.2 Å². The minimum atomic E-state index is -0.323. The first-order valence-corrected chi connectivity index (χ1v) is 12.3. The molecule has 0 unspecified atom stereocenters. The van der Waals surface area contributed by atoms with Crippen molar-refractivity contribution in [3.63, 3.8) is 0 Å². The van der Waals surface area contributed by atoms with Crippen molar-refractivity contribution in [3.05, 3.63) is 67.0 Å². The molecule has 4 aromatic rings. The van der Waals surface area contributed by atoms with Crippen LogP contribution in [0.2, 0.25) is 0 Å². The van der Waals surface area contributed by atoms with Crippen molar-refractivity contribution in [2.24, 2.45) is 7.05 Å². The lowest BCUT2D eigenvalue weighted by Crippen LogP contribution is -2.29. The van der Waals surface area contributed by atoms with Gasteiger partial charge in [-0.05, 0) is 50.5 Å². The predicted octanol–water partition coefficient (Wildman–Crippen LogP) is 4.38. The Morgan fingerprint density at radius 1 is 1.18 bits per heavy atom. The van der Waals surface area contributed by atoms with E-state index in [1.165, 1.54) is 6.08 Å². The number of benzene rings is 2. The van der Waals surface area contributed by atoms with Gasteiger partial charge in [-0.2, -0.15) is 5.26 Å². The third-order valence-electron chi connectivity index (χ3n) is 6.38. The van der Waals surface area contributed by atoms with Crippen LogP contribution in [0, 0.1) is 11.3 Å². The number of methoxy groups -OCH3 is 1. The van der Waals surface area contributed by atoms with Gasteiger partial charge in [0.1, 0.15) is 5.75 Å². The number of fused-ring (bicyclic) bond motifs is 1. The Morgan fingerprint density at radius 2 is 1.97 bits per heavy atom. The maximum atomic E-state index is 12.2. The van der Waals surface area contributed by atoms with E-state index in [-0.39, 0.29) is 5.91 Å². The second-order valence-electron chi connectivity index (χ2n) is 9.37. The van der Waals surface area contributed by atoms with E-state index in [0.29, 0.717) is 34.3 Å². The minimum Gasteiger partial charge on any atom is -0.494 e. The average molecular weight is 525 g/mol. The largest absolute Gasteiger partial charge is 0.494 e. The smallest absolute Gasteiger partial charge is 0.247 e. The zero-order valence-electron chi connectivity index (χ0n) is 22.8. The molecule has 2 aromatic carbocycles. The molecule has 1 amide bonds. The van der Waals surface area contributed by atoms with Crippen LogP contribution in [0.5, 0.6) is 5.75 Å². The van der Waals surface area contributed by atoms with Gasteiger partial charge in [-0.25, -0.2) is 9.97 Å². The number of amides is 1. The molecule has 0 saturated heterocycles. The molecule has 2 heterocycles. The summed E-state index contributed by atoms with van der Waals surface area (Å²) >= 11 is 0. The quantitative estimate of drug-likeness (QED) is 0.294. The van der Waals surface area contributed by atoms with Crippen molar-refractivity contribution >= 4 is 39.8 Å². The molecule has 10 heteroatoms. The molecule has 200 valence electrons. The minimum absolute atomic E-state index is 0.323. The summed E-state index contributed by atoms with van der Waals surface area (Å²) in [6.45, 7) is 5.14. The Bertz CT molecular complexity index is 1570. The molecular weight excluding hydrogens is 492 g/mol. The number of ether oxygens (including phenoxy) is 1. The highest BCUT2D eigenvalue weighted by molar-refractivity contribution is 6.02. The van der Waals surface area contributed by atoms with Crippen LogP contribution in [-0.2, 0) is 11.8 Å². The molecule has 0 spiro atoms. The zero-order chi connectivity index (χ0) is 28.1. The number of likely N-dealkylation sites (N-methyl/N-ethyl adjacent to an activating group) is 2. The Kier molecular flexibility index (Phi) is 8.13. The van der Waals surface area contributed by atoms with Gasteiger partial charge in [0.2, 0.25) is 11.9 Å². The van der Waals surface area contributed by atoms with E-state index < -0.39 is 0 Å². The maximum Gasteiger partial charge on any atom is 0.247 e. The number of aromatic nitrogens is 3. The number of nitriles is 1. The molecule has 0 fully saturated rings. The summed E-state index contributed by atoms with van der Waals surface area (Å²) in [7, 11) is 9.50. The Hall–Kier alpha value is -4.88. The van der Waals surface area contributed by atoms with Gasteiger partial charge in [0.05, 0.1) is 41.5 Å². The second kappa shape index (κ2) is 11.7. The van der Waals surface area contributed by atoms with Gasteiger partial charge in [0.25, 0.3) is 0 Å². The fourth-order valence-electron chi connectivity index (χ4n) is 4.22. The summed E-state index contributed by atoms with van der Waals surface area (Å²) in [4.78, 5) is 25.5. The lowest BCUT2D eigenvalue weighted by atomic mass is 10.0. The van der Waals surface area contributed by atoms with E-state index in [2.05, 4.69) is 38.1 Å². The molecule has 0 aliphatic heterocycles. The van der Waals surface area contributed by atoms with Gasteiger partial charge in [-0.3, -0.25) is 4.79 Å². The van der Waals surface area contributed by atoms with Gasteiger partial charge in [-0.1, -0.05) is 6.58 Å². The third kappa shape index (κ3) is 6.00. The molecule has 0 bridgehead atoms. The van der Waals surface area contributed by atoms with E-state index >= 15 is 0 Å².